The van der Waals surface area contributed by atoms with Crippen molar-refractivity contribution in [2.75, 3.05) is 6.54 Å². The second-order valence-electron chi connectivity index (χ2n) is 8.92. The van der Waals surface area contributed by atoms with E-state index < -0.39 is 5.60 Å². The second kappa shape index (κ2) is 8.28. The number of aliphatic hydroxyl groups is 1. The molecule has 1 aliphatic carbocycles. The molecule has 2 fully saturated rings. The summed E-state index contributed by atoms with van der Waals surface area (Å²) in [6.45, 7) is 3.36. The molecule has 6 nitrogen and oxygen atoms in total. The first-order chi connectivity index (χ1) is 13.9. The molecule has 1 saturated heterocycles. The number of hydrogen-bond donors (Lipinski definition) is 2. The van der Waals surface area contributed by atoms with Crippen LogP contribution in [0.1, 0.15) is 56.2 Å². The predicted octanol–water partition coefficient (Wildman–Crippen LogP) is 2.79. The quantitative estimate of drug-likeness (QED) is 0.815. The first-order valence-corrected chi connectivity index (χ1v) is 10.7. The average molecular weight is 397 g/mol. The summed E-state index contributed by atoms with van der Waals surface area (Å²) in [7, 11) is 1.92. The second-order valence-corrected chi connectivity index (χ2v) is 8.92. The number of nitrogens with zero attached hydrogens (tertiary/aromatic N) is 3. The lowest BCUT2D eigenvalue weighted by molar-refractivity contribution is -0.132. The van der Waals surface area contributed by atoms with Gasteiger partial charge in [0.1, 0.15) is 0 Å². The van der Waals surface area contributed by atoms with Gasteiger partial charge in [-0.3, -0.25) is 14.4 Å². The fourth-order valence-electron chi connectivity index (χ4n) is 4.93. The lowest BCUT2D eigenvalue weighted by atomic mass is 9.79. The van der Waals surface area contributed by atoms with E-state index in [9.17, 15) is 9.90 Å². The molecule has 3 atom stereocenters. The Bertz CT molecular complexity index is 826. The normalized spacial score (nSPS) is 28.5. The summed E-state index contributed by atoms with van der Waals surface area (Å²) in [6, 6.07) is 9.79. The van der Waals surface area contributed by atoms with Gasteiger partial charge in [0.25, 0.3) is 0 Å². The monoisotopic (exact) mass is 396 g/mol. The Balaban J connectivity index is 1.64. The molecule has 2 heterocycles. The topological polar surface area (TPSA) is 70.4 Å². The number of nitrogens with one attached hydrogen (secondary N) is 1. The van der Waals surface area contributed by atoms with Crippen molar-refractivity contribution in [2.45, 2.75) is 63.3 Å². The van der Waals surface area contributed by atoms with Crippen molar-refractivity contribution in [1.29, 1.82) is 0 Å². The van der Waals surface area contributed by atoms with Gasteiger partial charge >= 0.3 is 0 Å². The molecule has 2 aromatic rings. The summed E-state index contributed by atoms with van der Waals surface area (Å²) < 4.78 is 1.81. The van der Waals surface area contributed by atoms with Gasteiger partial charge < -0.3 is 10.4 Å². The predicted molar refractivity (Wildman–Crippen MR) is 112 cm³/mol. The van der Waals surface area contributed by atoms with E-state index >= 15 is 0 Å². The molecular formula is C23H32N4O2. The summed E-state index contributed by atoms with van der Waals surface area (Å²) >= 11 is 0. The Morgan fingerprint density at radius 2 is 2.00 bits per heavy atom. The van der Waals surface area contributed by atoms with Gasteiger partial charge in [0, 0.05) is 37.8 Å². The van der Waals surface area contributed by atoms with Crippen LogP contribution in [0.4, 0.5) is 0 Å². The van der Waals surface area contributed by atoms with Crippen LogP contribution in [0.25, 0.3) is 0 Å². The van der Waals surface area contributed by atoms with Crippen LogP contribution in [0.5, 0.6) is 0 Å². The number of rotatable bonds is 5. The van der Waals surface area contributed by atoms with Crippen molar-refractivity contribution < 1.29 is 9.90 Å². The number of carbonyl (C=O) groups is 1. The number of aryl methyl sites for hydroxylation is 1. The lowest BCUT2D eigenvalue weighted by Gasteiger charge is -2.49. The summed E-state index contributed by atoms with van der Waals surface area (Å²) in [4.78, 5) is 15.4. The van der Waals surface area contributed by atoms with Gasteiger partial charge in [-0.05, 0) is 31.7 Å². The Kier molecular flexibility index (Phi) is 5.74. The molecule has 0 bridgehead atoms. The van der Waals surface area contributed by atoms with Crippen LogP contribution in [0.3, 0.4) is 0 Å². The SMILES string of the molecule is Cn1cc(CN2CCC(C)(O)C(NC(=O)C3CCCC3)C2c2ccccc2)cn1. The van der Waals surface area contributed by atoms with Crippen molar-refractivity contribution in [3.05, 3.63) is 53.9 Å². The maximum atomic E-state index is 13.0. The highest BCUT2D eigenvalue weighted by molar-refractivity contribution is 5.79. The summed E-state index contributed by atoms with van der Waals surface area (Å²) in [5, 5.41) is 18.9. The molecule has 0 radical (unpaired) electrons. The standard InChI is InChI=1S/C23H32N4O2/c1-23(29)12-13-27(16-17-14-24-26(2)15-17)20(18-8-4-3-5-9-18)21(23)25-22(28)19-10-6-7-11-19/h3-5,8-9,14-15,19-21,29H,6-7,10-13,16H2,1-2H3,(H,25,28). The van der Waals surface area contributed by atoms with Crippen LogP contribution in [0, 0.1) is 5.92 Å². The maximum Gasteiger partial charge on any atom is 0.223 e. The molecule has 4 rings (SSSR count). The van der Waals surface area contributed by atoms with Crippen LogP contribution in [0.15, 0.2) is 42.7 Å². The van der Waals surface area contributed by atoms with Crippen LogP contribution < -0.4 is 5.32 Å². The minimum absolute atomic E-state index is 0.0796. The first-order valence-electron chi connectivity index (χ1n) is 10.7. The van der Waals surface area contributed by atoms with Gasteiger partial charge in [0.2, 0.25) is 5.91 Å². The third-order valence-corrected chi connectivity index (χ3v) is 6.59. The van der Waals surface area contributed by atoms with Gasteiger partial charge in [-0.2, -0.15) is 5.10 Å². The lowest BCUT2D eigenvalue weighted by Crippen LogP contribution is -2.62. The number of carbonyl (C=O) groups excluding carboxylic acids is 1. The molecule has 6 heteroatoms. The molecule has 1 saturated carbocycles. The molecule has 2 aliphatic rings. The molecule has 2 N–H and O–H groups in total. The van der Waals surface area contributed by atoms with E-state index in [4.69, 9.17) is 0 Å². The Morgan fingerprint density at radius 1 is 1.28 bits per heavy atom. The van der Waals surface area contributed by atoms with Gasteiger partial charge in [-0.1, -0.05) is 43.2 Å². The van der Waals surface area contributed by atoms with Crippen molar-refractivity contribution in [3.8, 4) is 0 Å². The zero-order valence-corrected chi connectivity index (χ0v) is 17.4. The molecule has 156 valence electrons. The van der Waals surface area contributed by atoms with Crippen molar-refractivity contribution in [1.82, 2.24) is 20.0 Å². The molecule has 3 unspecified atom stereocenters. The zero-order chi connectivity index (χ0) is 20.4. The van der Waals surface area contributed by atoms with Crippen LogP contribution in [-0.4, -0.2) is 43.9 Å². The van der Waals surface area contributed by atoms with E-state index in [2.05, 4.69) is 27.4 Å². The highest BCUT2D eigenvalue weighted by Crippen LogP contribution is 2.38. The van der Waals surface area contributed by atoms with Crippen molar-refractivity contribution >= 4 is 5.91 Å². The van der Waals surface area contributed by atoms with E-state index in [1.54, 1.807) is 0 Å². The summed E-state index contributed by atoms with van der Waals surface area (Å²) in [5.41, 5.74) is 1.30. The Morgan fingerprint density at radius 3 is 2.66 bits per heavy atom. The van der Waals surface area contributed by atoms with Gasteiger partial charge in [-0.25, -0.2) is 0 Å². The third kappa shape index (κ3) is 4.38. The molecule has 1 aliphatic heterocycles. The molecule has 0 spiro atoms. The van der Waals surface area contributed by atoms with E-state index in [0.717, 1.165) is 49.9 Å². The summed E-state index contributed by atoms with van der Waals surface area (Å²) in [6.07, 6.45) is 8.68. The zero-order valence-electron chi connectivity index (χ0n) is 17.4. The fourth-order valence-corrected chi connectivity index (χ4v) is 4.93. The van der Waals surface area contributed by atoms with Crippen molar-refractivity contribution in [3.63, 3.8) is 0 Å². The van der Waals surface area contributed by atoms with E-state index in [1.165, 1.54) is 0 Å². The maximum absolute atomic E-state index is 13.0. The Labute approximate surface area is 172 Å². The average Bonchev–Trinajstić information content (AvgIpc) is 3.37. The number of piperidine rings is 1. The number of amides is 1. The highest BCUT2D eigenvalue weighted by atomic mass is 16.3. The van der Waals surface area contributed by atoms with Crippen LogP contribution >= 0.6 is 0 Å². The number of aromatic nitrogens is 2. The minimum Gasteiger partial charge on any atom is -0.388 e. The smallest absolute Gasteiger partial charge is 0.223 e. The minimum atomic E-state index is -0.958. The van der Waals surface area contributed by atoms with Crippen LogP contribution in [-0.2, 0) is 18.4 Å². The van der Waals surface area contributed by atoms with Gasteiger partial charge in [0.05, 0.1) is 23.9 Å². The van der Waals surface area contributed by atoms with Crippen molar-refractivity contribution in [2.24, 2.45) is 13.0 Å². The number of hydrogen-bond acceptors (Lipinski definition) is 4. The largest absolute Gasteiger partial charge is 0.388 e. The third-order valence-electron chi connectivity index (χ3n) is 6.59. The molecule has 29 heavy (non-hydrogen) atoms. The van der Waals surface area contributed by atoms with Gasteiger partial charge in [-0.15, -0.1) is 0 Å². The van der Waals surface area contributed by atoms with E-state index in [1.807, 2.05) is 49.2 Å². The van der Waals surface area contributed by atoms with Gasteiger partial charge in [0.15, 0.2) is 0 Å². The number of benzene rings is 1. The highest BCUT2D eigenvalue weighted by Gasteiger charge is 2.46. The fraction of sp³-hybridized carbons (Fsp3) is 0.565. The van der Waals surface area contributed by atoms with E-state index in [-0.39, 0.29) is 23.9 Å². The summed E-state index contributed by atoms with van der Waals surface area (Å²) in [5.74, 6) is 0.174. The molecule has 1 aromatic heterocycles. The molecule has 1 aromatic carbocycles. The molecular weight excluding hydrogens is 364 g/mol. The Hall–Kier alpha value is -2.18. The van der Waals surface area contributed by atoms with E-state index in [0.29, 0.717) is 6.42 Å². The van der Waals surface area contributed by atoms with Crippen LogP contribution in [0.2, 0.25) is 0 Å². The number of likely N-dealkylation sites (tertiary alicyclic amines) is 1. The first kappa shape index (κ1) is 20.1. The molecule has 1 amide bonds.